The molecule has 0 unspecified atom stereocenters. The van der Waals surface area contributed by atoms with Crippen LogP contribution in [-0.4, -0.2) is 16.8 Å². The highest BCUT2D eigenvalue weighted by atomic mass is 35.5. The smallest absolute Gasteiger partial charge is 0.269 e. The van der Waals surface area contributed by atoms with Crippen molar-refractivity contribution in [2.45, 2.75) is 6.92 Å². The summed E-state index contributed by atoms with van der Waals surface area (Å²) in [6.45, 7) is 2.04. The quantitative estimate of drug-likeness (QED) is 0.397. The van der Waals surface area contributed by atoms with E-state index in [9.17, 15) is 9.59 Å². The van der Waals surface area contributed by atoms with Gasteiger partial charge >= 0.3 is 0 Å². The summed E-state index contributed by atoms with van der Waals surface area (Å²) in [4.78, 5) is 29.0. The molecule has 4 rings (SSSR count). The van der Waals surface area contributed by atoms with Crippen molar-refractivity contribution in [3.63, 3.8) is 0 Å². The van der Waals surface area contributed by atoms with Crippen molar-refractivity contribution in [1.82, 2.24) is 15.8 Å². The van der Waals surface area contributed by atoms with Crippen molar-refractivity contribution in [2.24, 2.45) is 0 Å². The molecule has 0 aliphatic heterocycles. The van der Waals surface area contributed by atoms with Crippen LogP contribution in [0.1, 0.15) is 26.3 Å². The molecule has 3 N–H and O–H groups in total. The van der Waals surface area contributed by atoms with E-state index < -0.39 is 11.8 Å². The molecular weight excluding hydrogens is 412 g/mol. The topological polar surface area (TPSA) is 83.1 Å². The number of nitrogens with zero attached hydrogens (tertiary/aromatic N) is 1. The molecule has 0 aliphatic rings. The molecule has 31 heavy (non-hydrogen) atoms. The number of hydrazine groups is 1. The van der Waals surface area contributed by atoms with Gasteiger partial charge in [-0.3, -0.25) is 20.4 Å². The number of hydrogen-bond acceptors (Lipinski definition) is 4. The molecule has 4 aromatic rings. The van der Waals surface area contributed by atoms with E-state index in [1.807, 2.05) is 37.3 Å². The third-order valence-corrected chi connectivity index (χ3v) is 4.99. The van der Waals surface area contributed by atoms with Crippen LogP contribution in [0.4, 0.5) is 11.5 Å². The van der Waals surface area contributed by atoms with Crippen molar-refractivity contribution in [3.8, 4) is 0 Å². The van der Waals surface area contributed by atoms with E-state index >= 15 is 0 Å². The van der Waals surface area contributed by atoms with Gasteiger partial charge in [-0.2, -0.15) is 0 Å². The second-order valence-electron chi connectivity index (χ2n) is 6.96. The van der Waals surface area contributed by atoms with E-state index in [-0.39, 0.29) is 0 Å². The first-order valence-electron chi connectivity index (χ1n) is 9.59. The summed E-state index contributed by atoms with van der Waals surface area (Å²) < 4.78 is 0. The molecule has 1 aromatic heterocycles. The molecule has 0 saturated heterocycles. The molecule has 0 bridgehead atoms. The minimum absolute atomic E-state index is 0.391. The lowest BCUT2D eigenvalue weighted by atomic mass is 10.1. The summed E-state index contributed by atoms with van der Waals surface area (Å²) in [6.07, 6.45) is 0. The van der Waals surface area contributed by atoms with E-state index in [2.05, 4.69) is 21.2 Å². The fourth-order valence-electron chi connectivity index (χ4n) is 3.13. The third kappa shape index (κ3) is 4.82. The Kier molecular flexibility index (Phi) is 5.82. The van der Waals surface area contributed by atoms with Gasteiger partial charge in [-0.15, -0.1) is 0 Å². The molecule has 0 spiro atoms. The van der Waals surface area contributed by atoms with Crippen LogP contribution in [0.3, 0.4) is 0 Å². The number of rotatable bonds is 4. The van der Waals surface area contributed by atoms with E-state index in [0.717, 1.165) is 28.0 Å². The van der Waals surface area contributed by atoms with Crippen molar-refractivity contribution < 1.29 is 9.59 Å². The molecule has 0 radical (unpaired) electrons. The summed E-state index contributed by atoms with van der Waals surface area (Å²) in [5.74, 6) is -0.127. The summed E-state index contributed by atoms with van der Waals surface area (Å²) in [6, 6.07) is 23.2. The van der Waals surface area contributed by atoms with E-state index in [1.165, 1.54) is 0 Å². The SMILES string of the molecule is Cc1cc(Nc2ccc(C(=O)NNC(=O)c3ccc(Cl)cc3)cc2)nc2ccccc12. The zero-order valence-electron chi connectivity index (χ0n) is 16.6. The molecule has 154 valence electrons. The first kappa shape index (κ1) is 20.4. The van der Waals surface area contributed by atoms with E-state index in [1.54, 1.807) is 48.5 Å². The van der Waals surface area contributed by atoms with Gasteiger partial charge in [0.05, 0.1) is 5.52 Å². The number of para-hydroxylation sites is 1. The first-order chi connectivity index (χ1) is 15.0. The molecule has 0 saturated carbocycles. The number of carbonyl (C=O) groups is 2. The highest BCUT2D eigenvalue weighted by Gasteiger charge is 2.10. The summed E-state index contributed by atoms with van der Waals surface area (Å²) in [5, 5.41) is 4.90. The normalized spacial score (nSPS) is 10.5. The zero-order chi connectivity index (χ0) is 21.8. The fourth-order valence-corrected chi connectivity index (χ4v) is 3.25. The third-order valence-electron chi connectivity index (χ3n) is 4.74. The number of hydrogen-bond donors (Lipinski definition) is 3. The first-order valence-corrected chi connectivity index (χ1v) is 9.97. The number of halogens is 1. The van der Waals surface area contributed by atoms with Crippen LogP contribution in [0.2, 0.25) is 5.02 Å². The van der Waals surface area contributed by atoms with Crippen LogP contribution in [0.5, 0.6) is 0 Å². The number of amides is 2. The predicted molar refractivity (Wildman–Crippen MR) is 123 cm³/mol. The Morgan fingerprint density at radius 3 is 2.03 bits per heavy atom. The van der Waals surface area contributed by atoms with Gasteiger partial charge in [0.2, 0.25) is 0 Å². The highest BCUT2D eigenvalue weighted by molar-refractivity contribution is 6.30. The van der Waals surface area contributed by atoms with Crippen molar-refractivity contribution in [1.29, 1.82) is 0 Å². The summed E-state index contributed by atoms with van der Waals surface area (Å²) in [5.41, 5.74) is 8.42. The number of aryl methyl sites for hydroxylation is 1. The lowest BCUT2D eigenvalue weighted by molar-refractivity contribution is 0.0846. The molecule has 6 nitrogen and oxygen atoms in total. The van der Waals surface area contributed by atoms with Crippen LogP contribution < -0.4 is 16.2 Å². The number of fused-ring (bicyclic) bond motifs is 1. The standard InChI is InChI=1S/C24H19ClN4O2/c1-15-14-22(27-21-5-3-2-4-20(15)21)26-19-12-8-17(9-13-19)24(31)29-28-23(30)16-6-10-18(25)11-7-16/h2-14H,1H3,(H,26,27)(H,28,30)(H,29,31). The molecule has 0 fully saturated rings. The van der Waals surface area contributed by atoms with Crippen LogP contribution in [0, 0.1) is 6.92 Å². The van der Waals surface area contributed by atoms with Crippen LogP contribution in [0.15, 0.2) is 78.9 Å². The zero-order valence-corrected chi connectivity index (χ0v) is 17.4. The molecular formula is C24H19ClN4O2. The van der Waals surface area contributed by atoms with Crippen LogP contribution >= 0.6 is 11.6 Å². The molecule has 2 amide bonds. The Bertz CT molecular complexity index is 1260. The number of nitrogens with one attached hydrogen (secondary N) is 3. The fraction of sp³-hybridized carbons (Fsp3) is 0.0417. The van der Waals surface area contributed by atoms with Crippen LogP contribution in [-0.2, 0) is 0 Å². The molecule has 7 heteroatoms. The number of carbonyl (C=O) groups excluding carboxylic acids is 2. The second kappa shape index (κ2) is 8.85. The average Bonchev–Trinajstić information content (AvgIpc) is 2.78. The Morgan fingerprint density at radius 2 is 1.39 bits per heavy atom. The Labute approximate surface area is 184 Å². The lowest BCUT2D eigenvalue weighted by Gasteiger charge is -2.10. The Hall–Kier alpha value is -3.90. The highest BCUT2D eigenvalue weighted by Crippen LogP contribution is 2.22. The lowest BCUT2D eigenvalue weighted by Crippen LogP contribution is -2.41. The van der Waals surface area contributed by atoms with Gasteiger partial charge in [-0.05, 0) is 73.2 Å². The van der Waals surface area contributed by atoms with Crippen molar-refractivity contribution in [2.75, 3.05) is 5.32 Å². The number of benzene rings is 3. The minimum Gasteiger partial charge on any atom is -0.340 e. The van der Waals surface area contributed by atoms with Crippen molar-refractivity contribution >= 4 is 45.8 Å². The maximum atomic E-state index is 12.3. The van der Waals surface area contributed by atoms with Gasteiger partial charge in [0.15, 0.2) is 0 Å². The Balaban J connectivity index is 1.39. The summed E-state index contributed by atoms with van der Waals surface area (Å²) in [7, 11) is 0. The minimum atomic E-state index is -0.430. The molecule has 3 aromatic carbocycles. The second-order valence-corrected chi connectivity index (χ2v) is 7.40. The van der Waals surface area contributed by atoms with Gasteiger partial charge in [0, 0.05) is 27.2 Å². The number of anilines is 2. The van der Waals surface area contributed by atoms with Gasteiger partial charge in [-0.25, -0.2) is 4.98 Å². The van der Waals surface area contributed by atoms with Crippen LogP contribution in [0.25, 0.3) is 10.9 Å². The van der Waals surface area contributed by atoms with E-state index in [4.69, 9.17) is 11.6 Å². The largest absolute Gasteiger partial charge is 0.340 e. The van der Waals surface area contributed by atoms with Gasteiger partial charge in [0.25, 0.3) is 11.8 Å². The Morgan fingerprint density at radius 1 is 0.806 bits per heavy atom. The number of aromatic nitrogens is 1. The maximum absolute atomic E-state index is 12.3. The molecule has 1 heterocycles. The maximum Gasteiger partial charge on any atom is 0.269 e. The molecule has 0 aliphatic carbocycles. The average molecular weight is 431 g/mol. The van der Waals surface area contributed by atoms with Gasteiger partial charge in [0.1, 0.15) is 5.82 Å². The number of pyridine rings is 1. The van der Waals surface area contributed by atoms with Gasteiger partial charge in [-0.1, -0.05) is 29.8 Å². The monoisotopic (exact) mass is 430 g/mol. The summed E-state index contributed by atoms with van der Waals surface area (Å²) >= 11 is 5.81. The predicted octanol–water partition coefficient (Wildman–Crippen LogP) is 5.02. The van der Waals surface area contributed by atoms with E-state index in [0.29, 0.717) is 16.1 Å². The van der Waals surface area contributed by atoms with Crippen molar-refractivity contribution in [3.05, 3.63) is 101 Å². The van der Waals surface area contributed by atoms with Gasteiger partial charge < -0.3 is 5.32 Å². The molecule has 0 atom stereocenters.